The smallest absolute Gasteiger partial charge is 0.311 e. The van der Waals surface area contributed by atoms with Gasteiger partial charge < -0.3 is 15.1 Å². The van der Waals surface area contributed by atoms with E-state index >= 15 is 0 Å². The number of thioether (sulfide) groups is 1. The minimum absolute atomic E-state index is 0.102. The van der Waals surface area contributed by atoms with Gasteiger partial charge >= 0.3 is 5.97 Å². The van der Waals surface area contributed by atoms with Gasteiger partial charge in [-0.25, -0.2) is 0 Å². The van der Waals surface area contributed by atoms with Crippen molar-refractivity contribution in [2.45, 2.75) is 37.5 Å². The SMILES string of the molecule is CCC[C@]1(C(=O)O)CCCN(C(=O)c2ccc(SCCO)cc2)C1. The maximum Gasteiger partial charge on any atom is 0.311 e. The molecular formula is C18H25NO4S. The average molecular weight is 351 g/mol. The summed E-state index contributed by atoms with van der Waals surface area (Å²) in [4.78, 5) is 27.2. The average Bonchev–Trinajstić information content (AvgIpc) is 2.60. The molecule has 1 aliphatic heterocycles. The molecule has 2 N–H and O–H groups in total. The number of carboxylic acids is 1. The molecule has 2 rings (SSSR count). The quantitative estimate of drug-likeness (QED) is 0.739. The van der Waals surface area contributed by atoms with Gasteiger partial charge in [0.05, 0.1) is 12.0 Å². The molecule has 0 spiro atoms. The number of aliphatic hydroxyl groups excluding tert-OH is 1. The molecule has 6 heteroatoms. The Morgan fingerprint density at radius 1 is 1.29 bits per heavy atom. The van der Waals surface area contributed by atoms with Gasteiger partial charge in [0.15, 0.2) is 0 Å². The molecule has 1 atom stereocenters. The van der Waals surface area contributed by atoms with Crippen LogP contribution >= 0.6 is 11.8 Å². The van der Waals surface area contributed by atoms with Crippen molar-refractivity contribution < 1.29 is 19.8 Å². The van der Waals surface area contributed by atoms with Gasteiger partial charge in [-0.05, 0) is 43.5 Å². The third-order valence-electron chi connectivity index (χ3n) is 4.51. The molecule has 0 radical (unpaired) electrons. The lowest BCUT2D eigenvalue weighted by Gasteiger charge is -2.40. The van der Waals surface area contributed by atoms with E-state index in [0.29, 0.717) is 30.7 Å². The number of carboxylic acid groups (broad SMARTS) is 1. The Hall–Kier alpha value is -1.53. The van der Waals surface area contributed by atoms with Crippen LogP contribution in [0.1, 0.15) is 43.0 Å². The molecule has 0 saturated carbocycles. The summed E-state index contributed by atoms with van der Waals surface area (Å²) in [6.45, 7) is 3.00. The normalized spacial score (nSPS) is 20.8. The van der Waals surface area contributed by atoms with Crippen LogP contribution in [-0.2, 0) is 4.79 Å². The first-order valence-electron chi connectivity index (χ1n) is 8.39. The minimum Gasteiger partial charge on any atom is -0.481 e. The molecule has 1 amide bonds. The van der Waals surface area contributed by atoms with Gasteiger partial charge in [0.2, 0.25) is 0 Å². The molecule has 1 fully saturated rings. The van der Waals surface area contributed by atoms with Gasteiger partial charge in [0.1, 0.15) is 0 Å². The van der Waals surface area contributed by atoms with Crippen LogP contribution in [-0.4, -0.2) is 52.4 Å². The maximum atomic E-state index is 12.7. The van der Waals surface area contributed by atoms with Gasteiger partial charge in [0, 0.05) is 29.3 Å². The Bertz CT molecular complexity index is 571. The molecule has 24 heavy (non-hydrogen) atoms. The Morgan fingerprint density at radius 2 is 2.00 bits per heavy atom. The van der Waals surface area contributed by atoms with Crippen LogP contribution < -0.4 is 0 Å². The van der Waals surface area contributed by atoms with Gasteiger partial charge in [-0.3, -0.25) is 9.59 Å². The molecule has 1 saturated heterocycles. The predicted octanol–water partition coefficient (Wildman–Crippen LogP) is 2.88. The third kappa shape index (κ3) is 4.30. The number of aliphatic carboxylic acids is 1. The first-order valence-corrected chi connectivity index (χ1v) is 9.37. The number of aliphatic hydroxyl groups is 1. The fourth-order valence-corrected chi connectivity index (χ4v) is 3.96. The van der Waals surface area contributed by atoms with E-state index in [2.05, 4.69) is 0 Å². The Balaban J connectivity index is 2.09. The summed E-state index contributed by atoms with van der Waals surface area (Å²) in [5.74, 6) is -0.273. The molecule has 1 aromatic carbocycles. The van der Waals surface area contributed by atoms with E-state index in [1.54, 1.807) is 17.0 Å². The van der Waals surface area contributed by atoms with E-state index in [0.717, 1.165) is 17.7 Å². The van der Waals surface area contributed by atoms with Crippen molar-refractivity contribution in [1.82, 2.24) is 4.90 Å². The third-order valence-corrected chi connectivity index (χ3v) is 5.50. The molecule has 0 aromatic heterocycles. The number of hydrogen-bond donors (Lipinski definition) is 2. The Kier molecular flexibility index (Phi) is 6.69. The van der Waals surface area contributed by atoms with Crippen molar-refractivity contribution in [1.29, 1.82) is 0 Å². The van der Waals surface area contributed by atoms with Crippen LogP contribution in [0.3, 0.4) is 0 Å². The Morgan fingerprint density at radius 3 is 2.58 bits per heavy atom. The number of rotatable bonds is 7. The fourth-order valence-electron chi connectivity index (χ4n) is 3.31. The van der Waals surface area contributed by atoms with Crippen molar-refractivity contribution in [2.24, 2.45) is 5.41 Å². The number of carbonyl (C=O) groups excluding carboxylic acids is 1. The van der Waals surface area contributed by atoms with Crippen LogP contribution in [0.5, 0.6) is 0 Å². The van der Waals surface area contributed by atoms with Crippen molar-refractivity contribution in [3.8, 4) is 0 Å². The van der Waals surface area contributed by atoms with E-state index in [4.69, 9.17) is 5.11 Å². The second-order valence-electron chi connectivity index (χ2n) is 6.26. The zero-order valence-corrected chi connectivity index (χ0v) is 14.8. The molecule has 5 nitrogen and oxygen atoms in total. The summed E-state index contributed by atoms with van der Waals surface area (Å²) in [6.07, 6.45) is 2.76. The minimum atomic E-state index is -0.806. The van der Waals surface area contributed by atoms with E-state index in [1.807, 2.05) is 19.1 Å². The number of nitrogens with zero attached hydrogens (tertiary/aromatic N) is 1. The highest BCUT2D eigenvalue weighted by molar-refractivity contribution is 7.99. The zero-order chi connectivity index (χ0) is 17.6. The maximum absolute atomic E-state index is 12.7. The van der Waals surface area contributed by atoms with E-state index in [9.17, 15) is 14.7 Å². The predicted molar refractivity (Wildman–Crippen MR) is 94.4 cm³/mol. The van der Waals surface area contributed by atoms with E-state index in [1.165, 1.54) is 11.8 Å². The second-order valence-corrected chi connectivity index (χ2v) is 7.43. The van der Waals surface area contributed by atoms with Gasteiger partial charge in [-0.2, -0.15) is 0 Å². The van der Waals surface area contributed by atoms with E-state index < -0.39 is 11.4 Å². The highest BCUT2D eigenvalue weighted by atomic mass is 32.2. The van der Waals surface area contributed by atoms with Crippen molar-refractivity contribution in [3.63, 3.8) is 0 Å². The summed E-state index contributed by atoms with van der Waals surface area (Å²) in [7, 11) is 0. The Labute approximate surface area is 147 Å². The lowest BCUT2D eigenvalue weighted by molar-refractivity contribution is -0.152. The summed E-state index contributed by atoms with van der Waals surface area (Å²) in [6, 6.07) is 7.29. The lowest BCUT2D eigenvalue weighted by Crippen LogP contribution is -2.49. The van der Waals surface area contributed by atoms with Crippen LogP contribution in [0.15, 0.2) is 29.2 Å². The largest absolute Gasteiger partial charge is 0.481 e. The molecule has 0 aliphatic carbocycles. The van der Waals surface area contributed by atoms with Crippen LogP contribution in [0, 0.1) is 5.41 Å². The molecular weight excluding hydrogens is 326 g/mol. The summed E-state index contributed by atoms with van der Waals surface area (Å²) >= 11 is 1.53. The first kappa shape index (κ1) is 18.8. The van der Waals surface area contributed by atoms with E-state index in [-0.39, 0.29) is 19.1 Å². The highest BCUT2D eigenvalue weighted by Gasteiger charge is 2.42. The van der Waals surface area contributed by atoms with Crippen molar-refractivity contribution >= 4 is 23.6 Å². The van der Waals surface area contributed by atoms with Crippen molar-refractivity contribution in [2.75, 3.05) is 25.4 Å². The van der Waals surface area contributed by atoms with Gasteiger partial charge in [-0.1, -0.05) is 13.3 Å². The van der Waals surface area contributed by atoms with Crippen LogP contribution in [0.2, 0.25) is 0 Å². The van der Waals surface area contributed by atoms with Gasteiger partial charge in [-0.15, -0.1) is 11.8 Å². The summed E-state index contributed by atoms with van der Waals surface area (Å²) in [5, 5.41) is 18.5. The number of hydrogen-bond acceptors (Lipinski definition) is 4. The molecule has 1 aromatic rings. The molecule has 1 heterocycles. The monoisotopic (exact) mass is 351 g/mol. The molecule has 132 valence electrons. The summed E-state index contributed by atoms with van der Waals surface area (Å²) < 4.78 is 0. The number of amides is 1. The van der Waals surface area contributed by atoms with Crippen LogP contribution in [0.25, 0.3) is 0 Å². The molecule has 0 unspecified atom stereocenters. The topological polar surface area (TPSA) is 77.8 Å². The molecule has 1 aliphatic rings. The number of benzene rings is 1. The van der Waals surface area contributed by atoms with Crippen LogP contribution in [0.4, 0.5) is 0 Å². The first-order chi connectivity index (χ1) is 11.5. The molecule has 0 bridgehead atoms. The second kappa shape index (κ2) is 8.53. The lowest BCUT2D eigenvalue weighted by atomic mass is 9.76. The van der Waals surface area contributed by atoms with Crippen molar-refractivity contribution in [3.05, 3.63) is 29.8 Å². The summed E-state index contributed by atoms with van der Waals surface area (Å²) in [5.41, 5.74) is -0.222. The highest BCUT2D eigenvalue weighted by Crippen LogP contribution is 2.35. The number of carbonyl (C=O) groups is 2. The number of likely N-dealkylation sites (tertiary alicyclic amines) is 1. The zero-order valence-electron chi connectivity index (χ0n) is 14.0. The standard InChI is InChI=1S/C18H25NO4S/c1-2-8-18(17(22)23)9-3-10-19(13-18)16(21)14-4-6-15(7-5-14)24-12-11-20/h4-7,20H,2-3,8-13H2,1H3,(H,22,23)/t18-/m0/s1. The van der Waals surface area contributed by atoms with Gasteiger partial charge in [0.25, 0.3) is 5.91 Å². The fraction of sp³-hybridized carbons (Fsp3) is 0.556. The number of piperidine rings is 1.